The van der Waals surface area contributed by atoms with Crippen LogP contribution in [0.1, 0.15) is 34.0 Å². The van der Waals surface area contributed by atoms with Gasteiger partial charge in [-0.05, 0) is 60.9 Å². The molecule has 2 aliphatic heterocycles. The summed E-state index contributed by atoms with van der Waals surface area (Å²) in [5, 5.41) is 16.5. The fraction of sp³-hybridized carbons (Fsp3) is 0.364. The number of hydrogen-bond acceptors (Lipinski definition) is 9. The number of aliphatic hydroxyl groups excluding tert-OH is 1. The Morgan fingerprint density at radius 3 is 2.73 bits per heavy atom. The largest absolute Gasteiger partial charge is 0.392 e. The third kappa shape index (κ3) is 7.80. The van der Waals surface area contributed by atoms with Gasteiger partial charge in [-0.25, -0.2) is 4.98 Å². The number of anilines is 1. The molecule has 11 nitrogen and oxygen atoms in total. The summed E-state index contributed by atoms with van der Waals surface area (Å²) in [6.45, 7) is 6.83. The molecule has 2 aliphatic rings. The molecule has 3 N–H and O–H groups in total. The van der Waals surface area contributed by atoms with Gasteiger partial charge < -0.3 is 39.4 Å². The number of rotatable bonds is 15. The van der Waals surface area contributed by atoms with Crippen LogP contribution in [0.25, 0.3) is 5.69 Å². The van der Waals surface area contributed by atoms with Gasteiger partial charge in [0.25, 0.3) is 0 Å². The van der Waals surface area contributed by atoms with E-state index < -0.39 is 0 Å². The summed E-state index contributed by atoms with van der Waals surface area (Å²) in [4.78, 5) is 23.8. The molecule has 1 amide bonds. The summed E-state index contributed by atoms with van der Waals surface area (Å²) in [5.74, 6) is 0.685. The molecular weight excluding hydrogens is 560 g/mol. The van der Waals surface area contributed by atoms with Crippen LogP contribution in [0, 0.1) is 13.8 Å². The molecule has 1 atom stereocenters. The number of hydrogen-bond donors (Lipinski definition) is 3. The molecule has 0 saturated carbocycles. The van der Waals surface area contributed by atoms with Gasteiger partial charge in [0.15, 0.2) is 5.84 Å². The Hall–Kier alpha value is -4.29. The summed E-state index contributed by atoms with van der Waals surface area (Å²) in [6, 6.07) is 12.1. The highest BCUT2D eigenvalue weighted by Crippen LogP contribution is 2.32. The number of benzene rings is 2. The van der Waals surface area contributed by atoms with Crippen LogP contribution < -0.4 is 10.6 Å². The second-order valence-corrected chi connectivity index (χ2v) is 10.7. The first-order valence-corrected chi connectivity index (χ1v) is 14.7. The number of ether oxygens (including phenoxy) is 3. The van der Waals surface area contributed by atoms with Crippen molar-refractivity contribution in [2.45, 2.75) is 33.0 Å². The minimum atomic E-state index is -0.175. The molecule has 0 saturated heterocycles. The van der Waals surface area contributed by atoms with E-state index in [4.69, 9.17) is 19.2 Å². The fourth-order valence-electron chi connectivity index (χ4n) is 5.16. The maximum Gasteiger partial charge on any atom is 0.246 e. The minimum Gasteiger partial charge on any atom is -0.392 e. The van der Waals surface area contributed by atoms with Gasteiger partial charge in [-0.2, -0.15) is 0 Å². The van der Waals surface area contributed by atoms with E-state index in [1.807, 2.05) is 60.3 Å². The zero-order chi connectivity index (χ0) is 30.9. The van der Waals surface area contributed by atoms with Gasteiger partial charge >= 0.3 is 0 Å². The van der Waals surface area contributed by atoms with E-state index in [9.17, 15) is 9.90 Å². The standard InChI is InChI=1S/C33H40N6O5/c1-23-6-7-25(17-34-32(41)21-44-14-13-43-12-11-42-3)15-28(23)30-19-38-10-4-5-29(33(38)37-30)36-27-8-9-31(26(16-27)20-40)39-18-24(2)35-22-39/h4-10,15-16,18,22,30,36,40H,11-14,17,19-21H2,1-3H3,(H,34,41). The van der Waals surface area contributed by atoms with Crippen LogP contribution >= 0.6 is 0 Å². The SMILES string of the molecule is COCCOCCOCC(=O)NCc1ccc(C)c(C2CN3C=CC=C(Nc4ccc(-n5cnc(C)c5)c(CO)c4)C3=N2)c1. The number of aliphatic hydroxyl groups is 1. The number of imidazole rings is 1. The van der Waals surface area contributed by atoms with Crippen molar-refractivity contribution >= 4 is 17.4 Å². The number of carbonyl (C=O) groups is 1. The van der Waals surface area contributed by atoms with E-state index in [2.05, 4.69) is 39.6 Å². The third-order valence-electron chi connectivity index (χ3n) is 7.44. The molecule has 3 heterocycles. The lowest BCUT2D eigenvalue weighted by atomic mass is 9.99. The number of allylic oxidation sites excluding steroid dienone is 2. The molecule has 0 spiro atoms. The van der Waals surface area contributed by atoms with Gasteiger partial charge in [0, 0.05) is 37.3 Å². The Bertz CT molecular complexity index is 1550. The van der Waals surface area contributed by atoms with Gasteiger partial charge in [-0.15, -0.1) is 0 Å². The van der Waals surface area contributed by atoms with Crippen molar-refractivity contribution in [1.29, 1.82) is 0 Å². The van der Waals surface area contributed by atoms with Crippen molar-refractivity contribution in [3.8, 4) is 5.69 Å². The van der Waals surface area contributed by atoms with E-state index in [0.29, 0.717) is 39.5 Å². The predicted octanol–water partition coefficient (Wildman–Crippen LogP) is 3.56. The molecule has 1 aromatic heterocycles. The molecular formula is C33H40N6O5. The summed E-state index contributed by atoms with van der Waals surface area (Å²) in [5.41, 5.74) is 7.61. The normalized spacial score (nSPS) is 15.6. The Kier molecular flexibility index (Phi) is 10.6. The smallest absolute Gasteiger partial charge is 0.246 e. The molecule has 0 aliphatic carbocycles. The lowest BCUT2D eigenvalue weighted by Gasteiger charge is -2.22. The Balaban J connectivity index is 1.21. The van der Waals surface area contributed by atoms with Gasteiger partial charge in [-0.1, -0.05) is 18.2 Å². The quantitative estimate of drug-likeness (QED) is 0.227. The number of amides is 1. The van der Waals surface area contributed by atoms with Crippen molar-refractivity contribution in [1.82, 2.24) is 19.8 Å². The molecule has 0 radical (unpaired) electrons. The minimum absolute atomic E-state index is 0.0161. The summed E-state index contributed by atoms with van der Waals surface area (Å²) in [7, 11) is 1.62. The Morgan fingerprint density at radius 2 is 1.93 bits per heavy atom. The molecule has 11 heteroatoms. The van der Waals surface area contributed by atoms with Crippen LogP contribution in [0.2, 0.25) is 0 Å². The van der Waals surface area contributed by atoms with Crippen LogP contribution in [0.15, 0.2) is 78.0 Å². The van der Waals surface area contributed by atoms with Crippen molar-refractivity contribution in [2.24, 2.45) is 4.99 Å². The number of aryl methyl sites for hydroxylation is 2. The first kappa shape index (κ1) is 31.1. The molecule has 0 fully saturated rings. The monoisotopic (exact) mass is 600 g/mol. The molecule has 3 aromatic rings. The predicted molar refractivity (Wildman–Crippen MR) is 168 cm³/mol. The molecule has 232 valence electrons. The molecule has 1 unspecified atom stereocenters. The van der Waals surface area contributed by atoms with E-state index in [0.717, 1.165) is 50.9 Å². The van der Waals surface area contributed by atoms with Crippen molar-refractivity contribution in [2.75, 3.05) is 52.0 Å². The van der Waals surface area contributed by atoms with Crippen molar-refractivity contribution < 1.29 is 24.1 Å². The van der Waals surface area contributed by atoms with Crippen LogP contribution in [0.5, 0.6) is 0 Å². The number of amidine groups is 1. The first-order valence-electron chi connectivity index (χ1n) is 14.7. The average Bonchev–Trinajstić information content (AvgIpc) is 3.67. The van der Waals surface area contributed by atoms with E-state index in [1.165, 1.54) is 0 Å². The number of nitrogens with one attached hydrogen (secondary N) is 2. The van der Waals surface area contributed by atoms with Crippen molar-refractivity contribution in [3.05, 3.63) is 101 Å². The Morgan fingerprint density at radius 1 is 1.09 bits per heavy atom. The van der Waals surface area contributed by atoms with E-state index >= 15 is 0 Å². The van der Waals surface area contributed by atoms with E-state index in [1.54, 1.807) is 13.4 Å². The third-order valence-corrected chi connectivity index (χ3v) is 7.44. The highest BCUT2D eigenvalue weighted by atomic mass is 16.5. The van der Waals surface area contributed by atoms with Crippen LogP contribution in [0.3, 0.4) is 0 Å². The molecule has 2 aromatic carbocycles. The summed E-state index contributed by atoms with van der Waals surface area (Å²) in [6.07, 6.45) is 9.74. The maximum atomic E-state index is 12.3. The van der Waals surface area contributed by atoms with Gasteiger partial charge in [0.05, 0.1) is 69.0 Å². The number of aliphatic imine (C=N–C) groups is 1. The highest BCUT2D eigenvalue weighted by molar-refractivity contribution is 6.03. The fourth-order valence-corrected chi connectivity index (χ4v) is 5.16. The summed E-state index contributed by atoms with van der Waals surface area (Å²) < 4.78 is 17.6. The second-order valence-electron chi connectivity index (χ2n) is 10.7. The first-order chi connectivity index (χ1) is 21.4. The highest BCUT2D eigenvalue weighted by Gasteiger charge is 2.29. The maximum absolute atomic E-state index is 12.3. The molecule has 5 rings (SSSR count). The van der Waals surface area contributed by atoms with Crippen LogP contribution in [-0.4, -0.2) is 78.0 Å². The van der Waals surface area contributed by atoms with Crippen LogP contribution in [-0.2, 0) is 32.2 Å². The van der Waals surface area contributed by atoms with Crippen LogP contribution in [0.4, 0.5) is 5.69 Å². The van der Waals surface area contributed by atoms with Gasteiger partial charge in [0.1, 0.15) is 6.61 Å². The van der Waals surface area contributed by atoms with Crippen molar-refractivity contribution in [3.63, 3.8) is 0 Å². The zero-order valence-corrected chi connectivity index (χ0v) is 25.5. The average molecular weight is 601 g/mol. The number of nitrogens with zero attached hydrogens (tertiary/aromatic N) is 4. The molecule has 0 bridgehead atoms. The topological polar surface area (TPSA) is 122 Å². The van der Waals surface area contributed by atoms with Gasteiger partial charge in [0.2, 0.25) is 5.91 Å². The number of methoxy groups -OCH3 is 1. The second kappa shape index (κ2) is 14.9. The summed E-state index contributed by atoms with van der Waals surface area (Å²) >= 11 is 0. The Labute approximate surface area is 257 Å². The molecule has 44 heavy (non-hydrogen) atoms. The van der Waals surface area contributed by atoms with Gasteiger partial charge in [-0.3, -0.25) is 9.79 Å². The zero-order valence-electron chi connectivity index (χ0n) is 25.5. The van der Waals surface area contributed by atoms with E-state index in [-0.39, 0.29) is 25.2 Å². The lowest BCUT2D eigenvalue weighted by molar-refractivity contribution is -0.126. The number of fused-ring (bicyclic) bond motifs is 1. The number of aromatic nitrogens is 2. The number of carbonyl (C=O) groups excluding carboxylic acids is 1. The lowest BCUT2D eigenvalue weighted by Crippen LogP contribution is -2.29.